The van der Waals surface area contributed by atoms with E-state index in [1.807, 2.05) is 24.3 Å². The standard InChI is InChI=1S/C32H28FN3O4S2/c1-5-42(38,39)35-22-10-11-28(40-30-18(2)12-21(33)13-19(30)3)23(15-22)25-17-36(4)32(37)31-24(25)16-29(41-31)27-14-20-8-6-7-9-26(20)34-27/h6-13,15-17,35H,5,14H2,1-4H3. The average Bonchev–Trinajstić information content (AvgIpc) is 3.58. The van der Waals surface area contributed by atoms with Gasteiger partial charge in [0, 0.05) is 41.9 Å². The number of thiophene rings is 1. The van der Waals surface area contributed by atoms with Crippen LogP contribution in [0.3, 0.4) is 0 Å². The Morgan fingerprint density at radius 1 is 1.05 bits per heavy atom. The third-order valence-corrected chi connectivity index (χ3v) is 9.79. The number of benzene rings is 3. The Hall–Kier alpha value is -4.28. The molecule has 0 unspecified atom stereocenters. The highest BCUT2D eigenvalue weighted by Crippen LogP contribution is 2.42. The van der Waals surface area contributed by atoms with Crippen molar-refractivity contribution in [2.45, 2.75) is 27.2 Å². The van der Waals surface area contributed by atoms with E-state index in [1.165, 1.54) is 28.0 Å². The Bertz CT molecular complexity index is 2070. The molecule has 0 amide bonds. The maximum absolute atomic E-state index is 14.0. The summed E-state index contributed by atoms with van der Waals surface area (Å²) in [7, 11) is -1.87. The number of para-hydroxylation sites is 1. The number of anilines is 1. The van der Waals surface area contributed by atoms with E-state index in [4.69, 9.17) is 9.73 Å². The van der Waals surface area contributed by atoms with Crippen LogP contribution in [-0.4, -0.2) is 24.4 Å². The van der Waals surface area contributed by atoms with Gasteiger partial charge >= 0.3 is 0 Å². The van der Waals surface area contributed by atoms with E-state index in [-0.39, 0.29) is 17.1 Å². The van der Waals surface area contributed by atoms with Gasteiger partial charge in [0.25, 0.3) is 5.56 Å². The minimum absolute atomic E-state index is 0.0863. The summed E-state index contributed by atoms with van der Waals surface area (Å²) in [6.45, 7) is 5.10. The van der Waals surface area contributed by atoms with Gasteiger partial charge in [0.15, 0.2) is 0 Å². The number of nitrogens with zero attached hydrogens (tertiary/aromatic N) is 2. The minimum atomic E-state index is -3.55. The van der Waals surface area contributed by atoms with Crippen LogP contribution in [0.4, 0.5) is 15.8 Å². The smallest absolute Gasteiger partial charge is 0.268 e. The fourth-order valence-corrected chi connectivity index (χ4v) is 6.95. The molecule has 3 heterocycles. The normalized spacial score (nSPS) is 12.8. The number of rotatable bonds is 7. The predicted octanol–water partition coefficient (Wildman–Crippen LogP) is 7.25. The molecule has 1 N–H and O–H groups in total. The van der Waals surface area contributed by atoms with Crippen molar-refractivity contribution in [2.24, 2.45) is 12.0 Å². The van der Waals surface area contributed by atoms with Crippen molar-refractivity contribution < 1.29 is 17.5 Å². The van der Waals surface area contributed by atoms with Crippen molar-refractivity contribution in [3.8, 4) is 22.6 Å². The third kappa shape index (κ3) is 5.12. The maximum atomic E-state index is 14.0. The van der Waals surface area contributed by atoms with Crippen LogP contribution >= 0.6 is 11.3 Å². The fourth-order valence-electron chi connectivity index (χ4n) is 5.18. The first kappa shape index (κ1) is 27.9. The first-order valence-corrected chi connectivity index (χ1v) is 15.9. The molecule has 3 aromatic carbocycles. The number of ether oxygens (including phenoxy) is 1. The van der Waals surface area contributed by atoms with Gasteiger partial charge in [-0.15, -0.1) is 11.3 Å². The fraction of sp³-hybridized carbons (Fsp3) is 0.188. The van der Waals surface area contributed by atoms with Crippen LogP contribution in [0.25, 0.3) is 21.2 Å². The molecular formula is C32H28FN3O4S2. The highest BCUT2D eigenvalue weighted by atomic mass is 32.2. The largest absolute Gasteiger partial charge is 0.456 e. The van der Waals surface area contributed by atoms with Crippen molar-refractivity contribution in [2.75, 3.05) is 10.5 Å². The topological polar surface area (TPSA) is 89.8 Å². The molecule has 0 spiro atoms. The van der Waals surface area contributed by atoms with E-state index in [2.05, 4.69) is 10.8 Å². The van der Waals surface area contributed by atoms with Gasteiger partial charge in [0.05, 0.1) is 22.0 Å². The van der Waals surface area contributed by atoms with E-state index >= 15 is 0 Å². The summed E-state index contributed by atoms with van der Waals surface area (Å²) < 4.78 is 50.0. The number of pyridine rings is 1. The SMILES string of the molecule is CCS(=O)(=O)Nc1ccc(Oc2c(C)cc(F)cc2C)c(-c2cn(C)c(=O)c3sc(C4=Nc5ccccc5C4)cc23)c1. The summed E-state index contributed by atoms with van der Waals surface area (Å²) in [4.78, 5) is 19.0. The molecule has 214 valence electrons. The molecule has 7 nitrogen and oxygen atoms in total. The quantitative estimate of drug-likeness (QED) is 0.213. The molecular weight excluding hydrogens is 574 g/mol. The number of halogens is 1. The van der Waals surface area contributed by atoms with Crippen LogP contribution in [0, 0.1) is 19.7 Å². The average molecular weight is 602 g/mol. The maximum Gasteiger partial charge on any atom is 0.268 e. The molecule has 5 aromatic rings. The number of hydrogen-bond donors (Lipinski definition) is 1. The molecule has 0 saturated carbocycles. The van der Waals surface area contributed by atoms with E-state index in [0.717, 1.165) is 21.8 Å². The number of aryl methyl sites for hydroxylation is 3. The van der Waals surface area contributed by atoms with Gasteiger partial charge in [0.2, 0.25) is 10.0 Å². The highest BCUT2D eigenvalue weighted by Gasteiger charge is 2.23. The molecule has 0 aliphatic carbocycles. The molecule has 0 fully saturated rings. The molecule has 42 heavy (non-hydrogen) atoms. The van der Waals surface area contributed by atoms with Gasteiger partial charge in [-0.3, -0.25) is 14.5 Å². The highest BCUT2D eigenvalue weighted by molar-refractivity contribution is 7.92. The monoisotopic (exact) mass is 601 g/mol. The molecule has 2 aromatic heterocycles. The van der Waals surface area contributed by atoms with Gasteiger partial charge < -0.3 is 9.30 Å². The molecule has 1 aliphatic rings. The lowest BCUT2D eigenvalue weighted by atomic mass is 10.0. The summed E-state index contributed by atoms with van der Waals surface area (Å²) in [6.07, 6.45) is 2.40. The zero-order valence-corrected chi connectivity index (χ0v) is 25.1. The summed E-state index contributed by atoms with van der Waals surface area (Å²) in [5.41, 5.74) is 5.68. The summed E-state index contributed by atoms with van der Waals surface area (Å²) >= 11 is 1.39. The number of fused-ring (bicyclic) bond motifs is 2. The number of sulfonamides is 1. The molecule has 10 heteroatoms. The van der Waals surface area contributed by atoms with Crippen LogP contribution in [0.2, 0.25) is 0 Å². The van der Waals surface area contributed by atoms with Crippen molar-refractivity contribution >= 4 is 48.5 Å². The Morgan fingerprint density at radius 3 is 2.50 bits per heavy atom. The third-order valence-electron chi connectivity index (χ3n) is 7.31. The second kappa shape index (κ2) is 10.5. The van der Waals surface area contributed by atoms with E-state index in [9.17, 15) is 17.6 Å². The Balaban J connectivity index is 1.55. The van der Waals surface area contributed by atoms with Crippen LogP contribution in [-0.2, 0) is 23.5 Å². The summed E-state index contributed by atoms with van der Waals surface area (Å²) in [5.74, 6) is 0.497. The zero-order chi connectivity index (χ0) is 29.8. The molecule has 0 atom stereocenters. The van der Waals surface area contributed by atoms with Crippen LogP contribution in [0.15, 0.2) is 76.6 Å². The lowest BCUT2D eigenvalue weighted by molar-refractivity contribution is 0.474. The molecule has 0 saturated heterocycles. The van der Waals surface area contributed by atoms with E-state index in [1.54, 1.807) is 52.2 Å². The molecule has 6 rings (SSSR count). The first-order valence-electron chi connectivity index (χ1n) is 13.4. The number of nitrogens with one attached hydrogen (secondary N) is 1. The Kier molecular flexibility index (Phi) is 6.98. The zero-order valence-electron chi connectivity index (χ0n) is 23.5. The minimum Gasteiger partial charge on any atom is -0.456 e. The lowest BCUT2D eigenvalue weighted by Gasteiger charge is -2.18. The van der Waals surface area contributed by atoms with Crippen LogP contribution in [0.1, 0.15) is 28.5 Å². The number of aliphatic imine (C=N–C) groups is 1. The van der Waals surface area contributed by atoms with Gasteiger partial charge in [-0.1, -0.05) is 18.2 Å². The van der Waals surface area contributed by atoms with Crippen molar-refractivity contribution in [3.05, 3.63) is 105 Å². The summed E-state index contributed by atoms with van der Waals surface area (Å²) in [5, 5.41) is 0.713. The van der Waals surface area contributed by atoms with Gasteiger partial charge in [0.1, 0.15) is 22.0 Å². The van der Waals surface area contributed by atoms with Crippen molar-refractivity contribution in [1.29, 1.82) is 0 Å². The Morgan fingerprint density at radius 2 is 1.79 bits per heavy atom. The van der Waals surface area contributed by atoms with Crippen molar-refractivity contribution in [1.82, 2.24) is 4.57 Å². The lowest BCUT2D eigenvalue weighted by Crippen LogP contribution is -2.16. The predicted molar refractivity (Wildman–Crippen MR) is 168 cm³/mol. The second-order valence-electron chi connectivity index (χ2n) is 10.4. The van der Waals surface area contributed by atoms with Crippen LogP contribution < -0.4 is 15.0 Å². The summed E-state index contributed by atoms with van der Waals surface area (Å²) in [6, 6.07) is 17.8. The van der Waals surface area contributed by atoms with E-state index < -0.39 is 10.0 Å². The first-order chi connectivity index (χ1) is 20.0. The molecule has 0 radical (unpaired) electrons. The number of hydrogen-bond acceptors (Lipinski definition) is 6. The molecule has 0 bridgehead atoms. The van der Waals surface area contributed by atoms with E-state index in [0.29, 0.717) is 55.9 Å². The van der Waals surface area contributed by atoms with Crippen molar-refractivity contribution in [3.63, 3.8) is 0 Å². The van der Waals surface area contributed by atoms with Crippen LogP contribution in [0.5, 0.6) is 11.5 Å². The second-order valence-corrected chi connectivity index (χ2v) is 13.4. The van der Waals surface area contributed by atoms with Gasteiger partial charge in [-0.25, -0.2) is 12.8 Å². The Labute approximate surface area is 247 Å². The molecule has 1 aliphatic heterocycles. The van der Waals surface area contributed by atoms with Gasteiger partial charge in [-0.05, 0) is 79.9 Å². The van der Waals surface area contributed by atoms with Gasteiger partial charge in [-0.2, -0.15) is 0 Å². The number of aromatic nitrogens is 1.